The largest absolute Gasteiger partial charge is 0.494 e. The molecule has 0 unspecified atom stereocenters. The summed E-state index contributed by atoms with van der Waals surface area (Å²) < 4.78 is 17.1. The van der Waals surface area contributed by atoms with Crippen LogP contribution in [0.3, 0.4) is 0 Å². The number of rotatable bonds is 9. The van der Waals surface area contributed by atoms with Crippen molar-refractivity contribution in [3.63, 3.8) is 0 Å². The molecule has 0 radical (unpaired) electrons. The Hall–Kier alpha value is -2.06. The van der Waals surface area contributed by atoms with Gasteiger partial charge in [0.15, 0.2) is 0 Å². The van der Waals surface area contributed by atoms with Crippen molar-refractivity contribution in [3.8, 4) is 17.4 Å². The molecule has 0 saturated carbocycles. The molecule has 0 aliphatic carbocycles. The molecular formula is C21H29Cl2N3O4. The molecule has 3 N–H and O–H groups in total. The van der Waals surface area contributed by atoms with Crippen molar-refractivity contribution < 1.29 is 19.0 Å². The van der Waals surface area contributed by atoms with Crippen molar-refractivity contribution in [3.05, 3.63) is 48.2 Å². The minimum absolute atomic E-state index is 0. The van der Waals surface area contributed by atoms with Gasteiger partial charge in [-0.1, -0.05) is 13.0 Å². The highest BCUT2D eigenvalue weighted by molar-refractivity contribution is 5.85. The first-order chi connectivity index (χ1) is 13.7. The van der Waals surface area contributed by atoms with Crippen LogP contribution in [0.25, 0.3) is 0 Å². The molecule has 1 saturated heterocycles. The van der Waals surface area contributed by atoms with Gasteiger partial charge >= 0.3 is 0 Å². The zero-order valence-electron chi connectivity index (χ0n) is 16.9. The summed E-state index contributed by atoms with van der Waals surface area (Å²) in [7, 11) is 0. The van der Waals surface area contributed by atoms with E-state index in [-0.39, 0.29) is 36.8 Å². The summed E-state index contributed by atoms with van der Waals surface area (Å²) in [4.78, 5) is 16.6. The number of carbonyl (C=O) groups is 1. The highest BCUT2D eigenvalue weighted by atomic mass is 35.5. The van der Waals surface area contributed by atoms with Crippen molar-refractivity contribution in [2.75, 3.05) is 13.2 Å². The molecule has 1 fully saturated rings. The number of halogens is 2. The number of pyridine rings is 1. The van der Waals surface area contributed by atoms with Crippen LogP contribution < -0.4 is 20.5 Å². The average Bonchev–Trinajstić information content (AvgIpc) is 3.22. The topological polar surface area (TPSA) is 95.7 Å². The van der Waals surface area contributed by atoms with Gasteiger partial charge in [-0.05, 0) is 49.6 Å². The number of hydrogen-bond acceptors (Lipinski definition) is 6. The van der Waals surface area contributed by atoms with Gasteiger partial charge in [-0.15, -0.1) is 24.8 Å². The molecule has 1 aliphatic rings. The molecule has 9 heteroatoms. The third-order valence-electron chi connectivity index (χ3n) is 4.48. The van der Waals surface area contributed by atoms with E-state index in [1.807, 2.05) is 36.4 Å². The Morgan fingerprint density at radius 1 is 1.20 bits per heavy atom. The molecule has 2 heterocycles. The Labute approximate surface area is 189 Å². The maximum Gasteiger partial charge on any atom is 0.249 e. The van der Waals surface area contributed by atoms with Crippen molar-refractivity contribution in [2.45, 2.75) is 44.9 Å². The number of nitrogens with zero attached hydrogens (tertiary/aromatic N) is 1. The number of ether oxygens (including phenoxy) is 3. The predicted molar refractivity (Wildman–Crippen MR) is 120 cm³/mol. The van der Waals surface area contributed by atoms with Crippen LogP contribution in [0, 0.1) is 0 Å². The molecule has 166 valence electrons. The van der Waals surface area contributed by atoms with Crippen molar-refractivity contribution in [1.82, 2.24) is 10.3 Å². The summed E-state index contributed by atoms with van der Waals surface area (Å²) in [5.41, 5.74) is 6.39. The number of carbonyl (C=O) groups excluding carboxylic acids is 1. The van der Waals surface area contributed by atoms with Crippen LogP contribution in [0.1, 0.15) is 31.7 Å². The van der Waals surface area contributed by atoms with Gasteiger partial charge < -0.3 is 25.3 Å². The lowest BCUT2D eigenvalue weighted by Gasteiger charge is -2.14. The maximum atomic E-state index is 12.3. The predicted octanol–water partition coefficient (Wildman–Crippen LogP) is 3.63. The van der Waals surface area contributed by atoms with Gasteiger partial charge in [0.2, 0.25) is 11.8 Å². The molecular weight excluding hydrogens is 429 g/mol. The van der Waals surface area contributed by atoms with Gasteiger partial charge in [-0.25, -0.2) is 4.98 Å². The second-order valence-electron chi connectivity index (χ2n) is 6.67. The van der Waals surface area contributed by atoms with Gasteiger partial charge in [0.25, 0.3) is 0 Å². The molecule has 0 bridgehead atoms. The van der Waals surface area contributed by atoms with E-state index in [2.05, 4.69) is 17.2 Å². The molecule has 1 aliphatic heterocycles. The van der Waals surface area contributed by atoms with Crippen molar-refractivity contribution >= 4 is 30.7 Å². The first-order valence-electron chi connectivity index (χ1n) is 9.67. The minimum Gasteiger partial charge on any atom is -0.494 e. The fourth-order valence-electron chi connectivity index (χ4n) is 2.95. The summed E-state index contributed by atoms with van der Waals surface area (Å²) >= 11 is 0. The molecule has 1 aromatic heterocycles. The first-order valence-corrected chi connectivity index (χ1v) is 9.67. The van der Waals surface area contributed by atoms with E-state index in [1.54, 1.807) is 6.20 Å². The number of nitrogens with two attached hydrogens (primary N) is 1. The highest BCUT2D eigenvalue weighted by Crippen LogP contribution is 2.25. The summed E-state index contributed by atoms with van der Waals surface area (Å²) in [6.45, 7) is 3.49. The summed E-state index contributed by atoms with van der Waals surface area (Å²) in [5.74, 6) is 1.77. The SMILES string of the molecule is CCCOc1ccc(Oc2ncccc2CNC(=O)[C@@H]2CC[C@H](CN)O2)cc1.Cl.Cl. The van der Waals surface area contributed by atoms with Gasteiger partial charge in [0.1, 0.15) is 17.6 Å². The zero-order chi connectivity index (χ0) is 19.8. The number of nitrogens with one attached hydrogen (secondary N) is 1. The van der Waals surface area contributed by atoms with Crippen LogP contribution in [0.4, 0.5) is 0 Å². The number of hydrogen-bond donors (Lipinski definition) is 2. The number of aromatic nitrogens is 1. The van der Waals surface area contributed by atoms with Crippen LogP contribution in [-0.4, -0.2) is 36.3 Å². The molecule has 2 aromatic rings. The van der Waals surface area contributed by atoms with Crippen molar-refractivity contribution in [2.24, 2.45) is 5.73 Å². The standard InChI is InChI=1S/C21H27N3O4.2ClH/c1-2-12-26-16-5-7-17(8-6-16)28-21-15(4-3-11-23-21)14-24-20(25)19-10-9-18(13-22)27-19;;/h3-8,11,18-19H,2,9-10,12-14,22H2,1H3,(H,24,25);2*1H/t18-,19+;;/m1../s1. The van der Waals surface area contributed by atoms with E-state index in [1.165, 1.54) is 0 Å². The maximum absolute atomic E-state index is 12.3. The highest BCUT2D eigenvalue weighted by Gasteiger charge is 2.29. The summed E-state index contributed by atoms with van der Waals surface area (Å²) in [5, 5.41) is 2.90. The normalized spacial score (nSPS) is 17.4. The smallest absolute Gasteiger partial charge is 0.249 e. The summed E-state index contributed by atoms with van der Waals surface area (Å²) in [6.07, 6.45) is 3.65. The molecule has 7 nitrogen and oxygen atoms in total. The Bertz CT molecular complexity index is 777. The second kappa shape index (κ2) is 13.3. The van der Waals surface area contributed by atoms with E-state index in [0.29, 0.717) is 37.7 Å². The van der Waals surface area contributed by atoms with E-state index >= 15 is 0 Å². The monoisotopic (exact) mass is 457 g/mol. The minimum atomic E-state index is -0.440. The molecule has 1 amide bonds. The van der Waals surface area contributed by atoms with Gasteiger partial charge in [0, 0.05) is 24.8 Å². The summed E-state index contributed by atoms with van der Waals surface area (Å²) in [6, 6.07) is 11.1. The fourth-order valence-corrected chi connectivity index (χ4v) is 2.95. The molecule has 1 aromatic carbocycles. The van der Waals surface area contributed by atoms with Crippen molar-refractivity contribution in [1.29, 1.82) is 0 Å². The Balaban J connectivity index is 0.00000225. The molecule has 30 heavy (non-hydrogen) atoms. The molecule has 3 rings (SSSR count). The van der Waals surface area contributed by atoms with Gasteiger partial charge in [0.05, 0.1) is 12.7 Å². The van der Waals surface area contributed by atoms with Gasteiger partial charge in [-0.2, -0.15) is 0 Å². The van der Waals surface area contributed by atoms with Crippen LogP contribution >= 0.6 is 24.8 Å². The number of benzene rings is 1. The second-order valence-corrected chi connectivity index (χ2v) is 6.67. The van der Waals surface area contributed by atoms with Crippen LogP contribution in [-0.2, 0) is 16.1 Å². The van der Waals surface area contributed by atoms with Crippen LogP contribution in [0.15, 0.2) is 42.6 Å². The third kappa shape index (κ3) is 7.32. The average molecular weight is 458 g/mol. The molecule has 2 atom stereocenters. The van der Waals surface area contributed by atoms with E-state index in [4.69, 9.17) is 19.9 Å². The third-order valence-corrected chi connectivity index (χ3v) is 4.48. The number of amides is 1. The lowest BCUT2D eigenvalue weighted by molar-refractivity contribution is -0.132. The molecule has 0 spiro atoms. The Morgan fingerprint density at radius 3 is 2.60 bits per heavy atom. The Morgan fingerprint density at radius 2 is 1.93 bits per heavy atom. The van der Waals surface area contributed by atoms with Crippen LogP contribution in [0.2, 0.25) is 0 Å². The van der Waals surface area contributed by atoms with Gasteiger partial charge in [-0.3, -0.25) is 4.79 Å². The van der Waals surface area contributed by atoms with Crippen LogP contribution in [0.5, 0.6) is 17.4 Å². The lowest BCUT2D eigenvalue weighted by Crippen LogP contribution is -2.35. The Kier molecular flexibility index (Phi) is 11.5. The zero-order valence-corrected chi connectivity index (χ0v) is 18.5. The lowest BCUT2D eigenvalue weighted by atomic mass is 10.2. The quantitative estimate of drug-likeness (QED) is 0.596. The van der Waals surface area contributed by atoms with E-state index in [0.717, 1.165) is 24.2 Å². The fraction of sp³-hybridized carbons (Fsp3) is 0.429. The van der Waals surface area contributed by atoms with E-state index in [9.17, 15) is 4.79 Å². The first kappa shape index (κ1) is 26.0. The van der Waals surface area contributed by atoms with E-state index < -0.39 is 6.10 Å².